The van der Waals surface area contributed by atoms with Crippen molar-refractivity contribution in [1.29, 1.82) is 0 Å². The molecule has 1 fully saturated rings. The SMILES string of the molecule is CC1CC(Nc2cccc3cccnc23)CCN1C. The molecule has 19 heavy (non-hydrogen) atoms. The summed E-state index contributed by atoms with van der Waals surface area (Å²) in [5, 5.41) is 4.89. The molecular formula is C16H21N3. The average molecular weight is 255 g/mol. The van der Waals surface area contributed by atoms with Crippen LogP contribution in [-0.4, -0.2) is 35.6 Å². The lowest BCUT2D eigenvalue weighted by Crippen LogP contribution is -2.42. The highest BCUT2D eigenvalue weighted by Crippen LogP contribution is 2.25. The van der Waals surface area contributed by atoms with Crippen LogP contribution in [0.25, 0.3) is 10.9 Å². The average Bonchev–Trinajstić information content (AvgIpc) is 2.43. The van der Waals surface area contributed by atoms with Crippen molar-refractivity contribution in [3.8, 4) is 0 Å². The number of hydrogen-bond donors (Lipinski definition) is 1. The van der Waals surface area contributed by atoms with Gasteiger partial charge in [-0.3, -0.25) is 4.98 Å². The number of hydrogen-bond acceptors (Lipinski definition) is 3. The third-order valence-corrected chi connectivity index (χ3v) is 4.20. The zero-order valence-corrected chi connectivity index (χ0v) is 11.6. The standard InChI is InChI=1S/C16H21N3/c1-12-11-14(8-10-19(12)2)18-15-7-3-5-13-6-4-9-17-16(13)15/h3-7,9,12,14,18H,8,10-11H2,1-2H3. The van der Waals surface area contributed by atoms with Crippen LogP contribution >= 0.6 is 0 Å². The molecule has 2 heterocycles. The molecule has 0 radical (unpaired) electrons. The van der Waals surface area contributed by atoms with E-state index < -0.39 is 0 Å². The molecule has 0 amide bonds. The topological polar surface area (TPSA) is 28.2 Å². The van der Waals surface area contributed by atoms with Crippen molar-refractivity contribution < 1.29 is 0 Å². The highest BCUT2D eigenvalue weighted by molar-refractivity contribution is 5.90. The molecule has 3 heteroatoms. The van der Waals surface area contributed by atoms with Crippen LogP contribution in [0.4, 0.5) is 5.69 Å². The predicted molar refractivity (Wildman–Crippen MR) is 80.5 cm³/mol. The van der Waals surface area contributed by atoms with Crippen LogP contribution < -0.4 is 5.32 Å². The Labute approximate surface area is 114 Å². The molecule has 1 aromatic carbocycles. The molecule has 2 unspecified atom stereocenters. The minimum Gasteiger partial charge on any atom is -0.380 e. The third-order valence-electron chi connectivity index (χ3n) is 4.20. The van der Waals surface area contributed by atoms with E-state index in [4.69, 9.17) is 0 Å². The van der Waals surface area contributed by atoms with Gasteiger partial charge >= 0.3 is 0 Å². The minimum atomic E-state index is 0.554. The van der Waals surface area contributed by atoms with E-state index in [-0.39, 0.29) is 0 Å². The van der Waals surface area contributed by atoms with Gasteiger partial charge < -0.3 is 10.2 Å². The van der Waals surface area contributed by atoms with E-state index >= 15 is 0 Å². The first-order chi connectivity index (χ1) is 9.24. The Hall–Kier alpha value is -1.61. The van der Waals surface area contributed by atoms with Crippen molar-refractivity contribution in [3.05, 3.63) is 36.5 Å². The molecule has 1 aliphatic rings. The highest BCUT2D eigenvalue weighted by atomic mass is 15.1. The first kappa shape index (κ1) is 12.4. The van der Waals surface area contributed by atoms with Gasteiger partial charge in [0.25, 0.3) is 0 Å². The van der Waals surface area contributed by atoms with Crippen molar-refractivity contribution in [2.75, 3.05) is 18.9 Å². The molecule has 1 N–H and O–H groups in total. The predicted octanol–water partition coefficient (Wildman–Crippen LogP) is 3.13. The van der Waals surface area contributed by atoms with Crippen molar-refractivity contribution in [2.24, 2.45) is 0 Å². The van der Waals surface area contributed by atoms with E-state index in [0.29, 0.717) is 12.1 Å². The molecule has 0 saturated carbocycles. The Balaban J connectivity index is 1.82. The van der Waals surface area contributed by atoms with Crippen molar-refractivity contribution in [3.63, 3.8) is 0 Å². The van der Waals surface area contributed by atoms with Crippen LogP contribution in [0, 0.1) is 0 Å². The quantitative estimate of drug-likeness (QED) is 0.893. The summed E-state index contributed by atoms with van der Waals surface area (Å²) in [7, 11) is 2.21. The molecule has 1 aliphatic heterocycles. The van der Waals surface area contributed by atoms with Gasteiger partial charge in [-0.1, -0.05) is 18.2 Å². The lowest BCUT2D eigenvalue weighted by molar-refractivity contribution is 0.190. The Kier molecular flexibility index (Phi) is 3.38. The molecular weight excluding hydrogens is 234 g/mol. The summed E-state index contributed by atoms with van der Waals surface area (Å²) in [5.74, 6) is 0. The Morgan fingerprint density at radius 3 is 2.95 bits per heavy atom. The van der Waals surface area contributed by atoms with Gasteiger partial charge in [0.15, 0.2) is 0 Å². The molecule has 0 aliphatic carbocycles. The number of nitrogens with one attached hydrogen (secondary N) is 1. The fourth-order valence-corrected chi connectivity index (χ4v) is 2.86. The zero-order valence-electron chi connectivity index (χ0n) is 11.6. The first-order valence-electron chi connectivity index (χ1n) is 7.04. The smallest absolute Gasteiger partial charge is 0.0933 e. The van der Waals surface area contributed by atoms with Crippen LogP contribution in [0.3, 0.4) is 0 Å². The van der Waals surface area contributed by atoms with Crippen molar-refractivity contribution in [1.82, 2.24) is 9.88 Å². The molecule has 1 saturated heterocycles. The lowest BCUT2D eigenvalue weighted by Gasteiger charge is -2.35. The summed E-state index contributed by atoms with van der Waals surface area (Å²) < 4.78 is 0. The van der Waals surface area contributed by atoms with Gasteiger partial charge in [0, 0.05) is 30.2 Å². The molecule has 100 valence electrons. The van der Waals surface area contributed by atoms with E-state index in [1.807, 2.05) is 12.3 Å². The second-order valence-corrected chi connectivity index (χ2v) is 5.58. The van der Waals surface area contributed by atoms with E-state index in [9.17, 15) is 0 Å². The monoisotopic (exact) mass is 255 g/mol. The molecule has 3 nitrogen and oxygen atoms in total. The van der Waals surface area contributed by atoms with E-state index in [1.54, 1.807) is 0 Å². The summed E-state index contributed by atoms with van der Waals surface area (Å²) in [4.78, 5) is 6.94. The fourth-order valence-electron chi connectivity index (χ4n) is 2.86. The summed E-state index contributed by atoms with van der Waals surface area (Å²) >= 11 is 0. The van der Waals surface area contributed by atoms with Gasteiger partial charge in [0.05, 0.1) is 11.2 Å². The Morgan fingerprint density at radius 2 is 2.11 bits per heavy atom. The van der Waals surface area contributed by atoms with Crippen LogP contribution in [0.15, 0.2) is 36.5 Å². The minimum absolute atomic E-state index is 0.554. The number of pyridine rings is 1. The van der Waals surface area contributed by atoms with Gasteiger partial charge in [-0.25, -0.2) is 0 Å². The van der Waals surface area contributed by atoms with Crippen molar-refractivity contribution >= 4 is 16.6 Å². The summed E-state index contributed by atoms with van der Waals surface area (Å²) in [5.41, 5.74) is 2.25. The van der Waals surface area contributed by atoms with Gasteiger partial charge in [-0.05, 0) is 38.9 Å². The number of aromatic nitrogens is 1. The van der Waals surface area contributed by atoms with Crippen molar-refractivity contribution in [2.45, 2.75) is 31.8 Å². The lowest BCUT2D eigenvalue weighted by atomic mass is 9.98. The molecule has 2 atom stereocenters. The number of fused-ring (bicyclic) bond motifs is 1. The summed E-state index contributed by atoms with van der Waals surface area (Å²) in [6.07, 6.45) is 4.26. The van der Waals surface area contributed by atoms with E-state index in [2.05, 4.69) is 53.4 Å². The van der Waals surface area contributed by atoms with Crippen LogP contribution in [-0.2, 0) is 0 Å². The molecule has 0 bridgehead atoms. The Morgan fingerprint density at radius 1 is 1.26 bits per heavy atom. The number of piperidine rings is 1. The summed E-state index contributed by atoms with van der Waals surface area (Å²) in [6, 6.07) is 11.7. The fraction of sp³-hybridized carbons (Fsp3) is 0.438. The highest BCUT2D eigenvalue weighted by Gasteiger charge is 2.22. The third kappa shape index (κ3) is 2.56. The van der Waals surface area contributed by atoms with E-state index in [1.165, 1.54) is 23.9 Å². The number of likely N-dealkylation sites (tertiary alicyclic amines) is 1. The maximum absolute atomic E-state index is 4.51. The van der Waals surface area contributed by atoms with Crippen LogP contribution in [0.1, 0.15) is 19.8 Å². The number of nitrogens with zero attached hydrogens (tertiary/aromatic N) is 2. The molecule has 0 spiro atoms. The molecule has 1 aromatic heterocycles. The van der Waals surface area contributed by atoms with Gasteiger partial charge in [0.2, 0.25) is 0 Å². The zero-order chi connectivity index (χ0) is 13.2. The van der Waals surface area contributed by atoms with Gasteiger partial charge in [-0.2, -0.15) is 0 Å². The normalized spacial score (nSPS) is 24.5. The van der Waals surface area contributed by atoms with Gasteiger partial charge in [-0.15, -0.1) is 0 Å². The molecule has 3 rings (SSSR count). The number of benzene rings is 1. The first-order valence-corrected chi connectivity index (χ1v) is 7.04. The largest absolute Gasteiger partial charge is 0.380 e. The summed E-state index contributed by atoms with van der Waals surface area (Å²) in [6.45, 7) is 3.46. The van der Waals surface area contributed by atoms with E-state index in [0.717, 1.165) is 12.1 Å². The van der Waals surface area contributed by atoms with Crippen LogP contribution in [0.2, 0.25) is 0 Å². The van der Waals surface area contributed by atoms with Gasteiger partial charge in [0.1, 0.15) is 0 Å². The maximum Gasteiger partial charge on any atom is 0.0933 e. The van der Waals surface area contributed by atoms with Crippen LogP contribution in [0.5, 0.6) is 0 Å². The Bertz CT molecular complexity index is 561. The second kappa shape index (κ2) is 5.17. The molecule has 2 aromatic rings. The maximum atomic E-state index is 4.51. The number of rotatable bonds is 2. The second-order valence-electron chi connectivity index (χ2n) is 5.58. The number of para-hydroxylation sites is 1. The number of anilines is 1.